The van der Waals surface area contributed by atoms with Crippen LogP contribution in [-0.2, 0) is 18.5 Å². The minimum atomic E-state index is 0.0295. The van der Waals surface area contributed by atoms with Crippen molar-refractivity contribution < 1.29 is 0 Å². The van der Waals surface area contributed by atoms with Crippen molar-refractivity contribution in [1.29, 1.82) is 0 Å². The Morgan fingerprint density at radius 3 is 2.71 bits per heavy atom. The Kier molecular flexibility index (Phi) is 2.00. The SMILES string of the molecule is CC(C)(C)c1ncc2c(c1N)CNC2. The van der Waals surface area contributed by atoms with Crippen LogP contribution in [0.25, 0.3) is 0 Å². The van der Waals surface area contributed by atoms with E-state index in [9.17, 15) is 0 Å². The molecule has 1 aliphatic heterocycles. The normalized spacial score (nSPS) is 15.6. The molecule has 1 aliphatic rings. The van der Waals surface area contributed by atoms with Gasteiger partial charge in [-0.15, -0.1) is 0 Å². The molecule has 0 saturated carbocycles. The number of nitrogens with one attached hydrogen (secondary N) is 1. The average molecular weight is 191 g/mol. The van der Waals surface area contributed by atoms with Crippen LogP contribution in [-0.4, -0.2) is 4.98 Å². The van der Waals surface area contributed by atoms with Crippen LogP contribution < -0.4 is 11.1 Å². The molecule has 0 radical (unpaired) electrons. The van der Waals surface area contributed by atoms with Gasteiger partial charge in [-0.3, -0.25) is 4.98 Å². The quantitative estimate of drug-likeness (QED) is 0.654. The first-order chi connectivity index (χ1) is 6.50. The van der Waals surface area contributed by atoms with E-state index in [1.807, 2.05) is 6.20 Å². The summed E-state index contributed by atoms with van der Waals surface area (Å²) in [6, 6.07) is 0. The third-order valence-corrected chi connectivity index (χ3v) is 2.64. The van der Waals surface area contributed by atoms with Gasteiger partial charge in [-0.25, -0.2) is 0 Å². The first-order valence-corrected chi connectivity index (χ1v) is 4.97. The highest BCUT2D eigenvalue weighted by molar-refractivity contribution is 5.57. The fraction of sp³-hybridized carbons (Fsp3) is 0.545. The number of pyridine rings is 1. The van der Waals surface area contributed by atoms with Gasteiger partial charge in [0.05, 0.1) is 11.4 Å². The largest absolute Gasteiger partial charge is 0.397 e. The van der Waals surface area contributed by atoms with Crippen molar-refractivity contribution in [2.24, 2.45) is 0 Å². The van der Waals surface area contributed by atoms with Crippen molar-refractivity contribution in [3.8, 4) is 0 Å². The van der Waals surface area contributed by atoms with E-state index in [1.165, 1.54) is 11.1 Å². The first kappa shape index (κ1) is 9.46. The monoisotopic (exact) mass is 191 g/mol. The lowest BCUT2D eigenvalue weighted by Crippen LogP contribution is -2.17. The van der Waals surface area contributed by atoms with Crippen molar-refractivity contribution in [3.63, 3.8) is 0 Å². The minimum absolute atomic E-state index is 0.0295. The number of nitrogens with two attached hydrogens (primary N) is 1. The molecule has 1 aromatic rings. The maximum atomic E-state index is 6.12. The standard InChI is InChI=1S/C11H17N3/c1-11(2,3)10-9(12)8-6-13-4-7(8)5-14-10/h5,13H,4,6,12H2,1-3H3. The van der Waals surface area contributed by atoms with E-state index in [0.717, 1.165) is 24.5 Å². The molecule has 0 saturated heterocycles. The molecule has 3 heteroatoms. The van der Waals surface area contributed by atoms with Crippen molar-refractivity contribution in [2.75, 3.05) is 5.73 Å². The first-order valence-electron chi connectivity index (χ1n) is 4.97. The Balaban J connectivity index is 2.56. The van der Waals surface area contributed by atoms with Gasteiger partial charge in [-0.2, -0.15) is 0 Å². The lowest BCUT2D eigenvalue weighted by molar-refractivity contribution is 0.570. The molecular weight excluding hydrogens is 174 g/mol. The predicted octanol–water partition coefficient (Wildman–Crippen LogP) is 1.56. The van der Waals surface area contributed by atoms with Gasteiger partial charge < -0.3 is 11.1 Å². The summed E-state index contributed by atoms with van der Waals surface area (Å²) < 4.78 is 0. The average Bonchev–Trinajstić information content (AvgIpc) is 2.50. The third-order valence-electron chi connectivity index (χ3n) is 2.64. The lowest BCUT2D eigenvalue weighted by atomic mass is 9.89. The molecule has 3 nitrogen and oxygen atoms in total. The summed E-state index contributed by atoms with van der Waals surface area (Å²) >= 11 is 0. The zero-order valence-electron chi connectivity index (χ0n) is 9.02. The van der Waals surface area contributed by atoms with Gasteiger partial charge in [-0.05, 0) is 11.1 Å². The van der Waals surface area contributed by atoms with Crippen LogP contribution in [0.1, 0.15) is 37.6 Å². The molecule has 0 amide bonds. The fourth-order valence-corrected chi connectivity index (χ4v) is 1.89. The van der Waals surface area contributed by atoms with Gasteiger partial charge in [-0.1, -0.05) is 20.8 Å². The summed E-state index contributed by atoms with van der Waals surface area (Å²) in [4.78, 5) is 4.46. The topological polar surface area (TPSA) is 50.9 Å². The summed E-state index contributed by atoms with van der Waals surface area (Å²) in [6.07, 6.45) is 1.95. The van der Waals surface area contributed by atoms with Crippen LogP contribution in [0.15, 0.2) is 6.20 Å². The van der Waals surface area contributed by atoms with Gasteiger partial charge >= 0.3 is 0 Å². The number of nitrogens with zero attached hydrogens (tertiary/aromatic N) is 1. The Hall–Kier alpha value is -1.09. The molecule has 2 rings (SSSR count). The van der Waals surface area contributed by atoms with E-state index < -0.39 is 0 Å². The number of fused-ring (bicyclic) bond motifs is 1. The van der Waals surface area contributed by atoms with Crippen molar-refractivity contribution in [1.82, 2.24) is 10.3 Å². The molecule has 2 heterocycles. The second-order valence-electron chi connectivity index (χ2n) is 4.88. The molecule has 0 unspecified atom stereocenters. The van der Waals surface area contributed by atoms with Crippen molar-refractivity contribution in [2.45, 2.75) is 39.3 Å². The molecule has 14 heavy (non-hydrogen) atoms. The van der Waals surface area contributed by atoms with Gasteiger partial charge in [0.1, 0.15) is 0 Å². The number of nitrogen functional groups attached to an aromatic ring is 1. The van der Waals surface area contributed by atoms with E-state index >= 15 is 0 Å². The second-order valence-corrected chi connectivity index (χ2v) is 4.88. The van der Waals surface area contributed by atoms with Crippen LogP contribution in [0.4, 0.5) is 5.69 Å². The molecule has 0 aromatic carbocycles. The van der Waals surface area contributed by atoms with Gasteiger partial charge in [0.2, 0.25) is 0 Å². The third kappa shape index (κ3) is 1.38. The number of hydrogen-bond donors (Lipinski definition) is 2. The molecule has 76 valence electrons. The Labute approximate surface area is 84.7 Å². The zero-order chi connectivity index (χ0) is 10.3. The number of rotatable bonds is 0. The molecule has 0 atom stereocenters. The highest BCUT2D eigenvalue weighted by atomic mass is 14.9. The summed E-state index contributed by atoms with van der Waals surface area (Å²) in [5.41, 5.74) is 10.5. The Morgan fingerprint density at radius 2 is 2.07 bits per heavy atom. The maximum Gasteiger partial charge on any atom is 0.0689 e. The van der Waals surface area contributed by atoms with Gasteiger partial charge in [0, 0.05) is 24.7 Å². The number of aromatic nitrogens is 1. The highest BCUT2D eigenvalue weighted by Crippen LogP contribution is 2.31. The second kappa shape index (κ2) is 2.95. The van der Waals surface area contributed by atoms with Crippen LogP contribution in [0, 0.1) is 0 Å². The molecule has 1 aromatic heterocycles. The van der Waals surface area contributed by atoms with E-state index in [2.05, 4.69) is 31.1 Å². The van der Waals surface area contributed by atoms with Crippen LogP contribution >= 0.6 is 0 Å². The summed E-state index contributed by atoms with van der Waals surface area (Å²) in [5.74, 6) is 0. The predicted molar refractivity (Wildman–Crippen MR) is 57.9 cm³/mol. The van der Waals surface area contributed by atoms with E-state index in [0.29, 0.717) is 0 Å². The zero-order valence-corrected chi connectivity index (χ0v) is 9.02. The smallest absolute Gasteiger partial charge is 0.0689 e. The Morgan fingerprint density at radius 1 is 1.36 bits per heavy atom. The van der Waals surface area contributed by atoms with Crippen LogP contribution in [0.2, 0.25) is 0 Å². The van der Waals surface area contributed by atoms with Crippen molar-refractivity contribution in [3.05, 3.63) is 23.0 Å². The van der Waals surface area contributed by atoms with Crippen LogP contribution in [0.5, 0.6) is 0 Å². The van der Waals surface area contributed by atoms with E-state index in [4.69, 9.17) is 5.73 Å². The maximum absolute atomic E-state index is 6.12. The molecule has 0 fully saturated rings. The summed E-state index contributed by atoms with van der Waals surface area (Å²) in [5, 5.41) is 3.29. The molecule has 3 N–H and O–H groups in total. The van der Waals surface area contributed by atoms with Gasteiger partial charge in [0.25, 0.3) is 0 Å². The Bertz CT molecular complexity index is 364. The minimum Gasteiger partial charge on any atom is -0.397 e. The molecular formula is C11H17N3. The number of anilines is 1. The summed E-state index contributed by atoms with van der Waals surface area (Å²) in [7, 11) is 0. The van der Waals surface area contributed by atoms with E-state index in [1.54, 1.807) is 0 Å². The fourth-order valence-electron chi connectivity index (χ4n) is 1.89. The highest BCUT2D eigenvalue weighted by Gasteiger charge is 2.23. The molecule has 0 aliphatic carbocycles. The van der Waals surface area contributed by atoms with Crippen LogP contribution in [0.3, 0.4) is 0 Å². The lowest BCUT2D eigenvalue weighted by Gasteiger charge is -2.21. The van der Waals surface area contributed by atoms with E-state index in [-0.39, 0.29) is 5.41 Å². The van der Waals surface area contributed by atoms with Crippen molar-refractivity contribution >= 4 is 5.69 Å². The number of hydrogen-bond acceptors (Lipinski definition) is 3. The molecule has 0 bridgehead atoms. The summed E-state index contributed by atoms with van der Waals surface area (Å²) in [6.45, 7) is 8.20. The molecule has 0 spiro atoms. The van der Waals surface area contributed by atoms with Gasteiger partial charge in [0.15, 0.2) is 0 Å².